The summed E-state index contributed by atoms with van der Waals surface area (Å²) in [5.41, 5.74) is 0. The second-order valence-corrected chi connectivity index (χ2v) is 3.66. The van der Waals surface area contributed by atoms with Gasteiger partial charge in [-0.15, -0.1) is 0 Å². The van der Waals surface area contributed by atoms with E-state index in [4.69, 9.17) is 0 Å². The van der Waals surface area contributed by atoms with Crippen molar-refractivity contribution in [3.8, 4) is 0 Å². The molecule has 0 aromatic carbocycles. The van der Waals surface area contributed by atoms with Crippen LogP contribution in [-0.4, -0.2) is 34.3 Å². The first-order chi connectivity index (χ1) is 7.65. The molecule has 0 bridgehead atoms. The Kier molecular flexibility index (Phi) is 4.98. The zero-order valence-corrected chi connectivity index (χ0v) is 10.1. The average molecular weight is 224 g/mol. The topological polar surface area (TPSA) is 70.1 Å². The first kappa shape index (κ1) is 12.7. The van der Waals surface area contributed by atoms with Gasteiger partial charge in [0.25, 0.3) is 0 Å². The van der Waals surface area contributed by atoms with Gasteiger partial charge in [-0.05, 0) is 20.3 Å². The predicted octanol–water partition coefficient (Wildman–Crippen LogP) is 1.40. The first-order valence-electron chi connectivity index (χ1n) is 5.67. The van der Waals surface area contributed by atoms with Crippen molar-refractivity contribution in [1.29, 1.82) is 0 Å². The third-order valence-electron chi connectivity index (χ3n) is 2.19. The maximum atomic E-state index is 9.44. The lowest BCUT2D eigenvalue weighted by Gasteiger charge is -2.11. The van der Waals surface area contributed by atoms with Crippen molar-refractivity contribution in [2.75, 3.05) is 23.7 Å². The highest BCUT2D eigenvalue weighted by Crippen LogP contribution is 2.10. The summed E-state index contributed by atoms with van der Waals surface area (Å²) >= 11 is 0. The molecule has 0 fully saturated rings. The van der Waals surface area contributed by atoms with E-state index in [0.29, 0.717) is 12.4 Å². The van der Waals surface area contributed by atoms with Gasteiger partial charge in [-0.25, -0.2) is 9.97 Å². The van der Waals surface area contributed by atoms with Crippen molar-refractivity contribution in [2.45, 2.75) is 33.3 Å². The Morgan fingerprint density at radius 3 is 2.44 bits per heavy atom. The molecular weight excluding hydrogens is 204 g/mol. The molecule has 0 saturated heterocycles. The van der Waals surface area contributed by atoms with Gasteiger partial charge in [-0.2, -0.15) is 0 Å². The number of nitrogens with one attached hydrogen (secondary N) is 2. The van der Waals surface area contributed by atoms with Crippen LogP contribution < -0.4 is 10.6 Å². The van der Waals surface area contributed by atoms with Gasteiger partial charge in [0.15, 0.2) is 0 Å². The van der Waals surface area contributed by atoms with Crippen LogP contribution in [0.3, 0.4) is 0 Å². The molecule has 5 heteroatoms. The zero-order chi connectivity index (χ0) is 12.0. The molecule has 1 aromatic heterocycles. The van der Waals surface area contributed by atoms with E-state index in [1.807, 2.05) is 26.8 Å². The third kappa shape index (κ3) is 4.02. The molecule has 0 saturated carbocycles. The summed E-state index contributed by atoms with van der Waals surface area (Å²) in [7, 11) is 0. The molecule has 0 aliphatic heterocycles. The number of hydrogen-bond donors (Lipinski definition) is 3. The number of aliphatic hydroxyl groups excluding tert-OH is 1. The summed E-state index contributed by atoms with van der Waals surface area (Å²) in [6.07, 6.45) is 0.398. The normalized spacial score (nSPS) is 12.2. The van der Waals surface area contributed by atoms with Gasteiger partial charge in [0.1, 0.15) is 17.5 Å². The lowest BCUT2D eigenvalue weighted by Crippen LogP contribution is -2.19. The number of anilines is 2. The van der Waals surface area contributed by atoms with Crippen molar-refractivity contribution < 1.29 is 5.11 Å². The highest BCUT2D eigenvalue weighted by Gasteiger charge is 2.03. The number of aliphatic hydroxyl groups is 1. The minimum atomic E-state index is -0.335. The van der Waals surface area contributed by atoms with E-state index in [1.165, 1.54) is 0 Å². The Morgan fingerprint density at radius 2 is 1.88 bits per heavy atom. The molecule has 1 heterocycles. The Hall–Kier alpha value is -1.36. The van der Waals surface area contributed by atoms with Crippen LogP contribution in [-0.2, 0) is 0 Å². The van der Waals surface area contributed by atoms with Crippen molar-refractivity contribution in [1.82, 2.24) is 9.97 Å². The van der Waals surface area contributed by atoms with Crippen LogP contribution in [0.15, 0.2) is 6.07 Å². The summed E-state index contributed by atoms with van der Waals surface area (Å²) in [6.45, 7) is 7.15. The lowest BCUT2D eigenvalue weighted by molar-refractivity contribution is 0.183. The van der Waals surface area contributed by atoms with Crippen molar-refractivity contribution in [2.24, 2.45) is 0 Å². The first-order valence-corrected chi connectivity index (χ1v) is 5.67. The lowest BCUT2D eigenvalue weighted by atomic mass is 10.3. The SMILES string of the molecule is CCNc1cc(NCC(O)CC)nc(C)n1. The van der Waals surface area contributed by atoms with Gasteiger partial charge in [-0.1, -0.05) is 6.92 Å². The largest absolute Gasteiger partial charge is 0.391 e. The molecule has 1 aromatic rings. The smallest absolute Gasteiger partial charge is 0.131 e. The van der Waals surface area contributed by atoms with Crippen molar-refractivity contribution >= 4 is 11.6 Å². The van der Waals surface area contributed by atoms with Gasteiger partial charge in [0, 0.05) is 19.2 Å². The molecule has 3 N–H and O–H groups in total. The quantitative estimate of drug-likeness (QED) is 0.681. The monoisotopic (exact) mass is 224 g/mol. The molecule has 16 heavy (non-hydrogen) atoms. The zero-order valence-electron chi connectivity index (χ0n) is 10.1. The van der Waals surface area contributed by atoms with E-state index in [-0.39, 0.29) is 6.10 Å². The molecule has 1 unspecified atom stereocenters. The molecule has 0 spiro atoms. The van der Waals surface area contributed by atoms with E-state index >= 15 is 0 Å². The number of aromatic nitrogens is 2. The maximum absolute atomic E-state index is 9.44. The second-order valence-electron chi connectivity index (χ2n) is 3.66. The van der Waals surface area contributed by atoms with Crippen molar-refractivity contribution in [3.63, 3.8) is 0 Å². The second kappa shape index (κ2) is 6.27. The molecule has 5 nitrogen and oxygen atoms in total. The van der Waals surface area contributed by atoms with Crippen molar-refractivity contribution in [3.05, 3.63) is 11.9 Å². The molecule has 1 rings (SSSR count). The molecule has 1 atom stereocenters. The van der Waals surface area contributed by atoms with Crippen LogP contribution >= 0.6 is 0 Å². The van der Waals surface area contributed by atoms with Gasteiger partial charge < -0.3 is 15.7 Å². The van der Waals surface area contributed by atoms with E-state index < -0.39 is 0 Å². The Labute approximate surface area is 96.3 Å². The number of hydrogen-bond acceptors (Lipinski definition) is 5. The van der Waals surface area contributed by atoms with Gasteiger partial charge in [0.05, 0.1) is 6.10 Å². The average Bonchev–Trinajstić information content (AvgIpc) is 2.25. The minimum Gasteiger partial charge on any atom is -0.391 e. The predicted molar refractivity (Wildman–Crippen MR) is 65.7 cm³/mol. The Balaban J connectivity index is 2.64. The number of rotatable bonds is 6. The van der Waals surface area contributed by atoms with Crippen LogP contribution in [0.1, 0.15) is 26.1 Å². The summed E-state index contributed by atoms with van der Waals surface area (Å²) in [6, 6.07) is 1.85. The van der Waals surface area contributed by atoms with E-state index in [2.05, 4.69) is 20.6 Å². The summed E-state index contributed by atoms with van der Waals surface area (Å²) < 4.78 is 0. The number of aryl methyl sites for hydroxylation is 1. The fourth-order valence-corrected chi connectivity index (χ4v) is 1.30. The van der Waals surface area contributed by atoms with Crippen LogP contribution in [0, 0.1) is 6.92 Å². The van der Waals surface area contributed by atoms with Gasteiger partial charge in [-0.3, -0.25) is 0 Å². The Morgan fingerprint density at radius 1 is 1.25 bits per heavy atom. The van der Waals surface area contributed by atoms with Crippen LogP contribution in [0.25, 0.3) is 0 Å². The molecule has 0 aliphatic rings. The standard InChI is InChI=1S/C11H20N4O/c1-4-9(16)7-13-11-6-10(12-5-2)14-8(3)15-11/h6,9,16H,4-5,7H2,1-3H3,(H2,12,13,14,15). The minimum absolute atomic E-state index is 0.335. The fourth-order valence-electron chi connectivity index (χ4n) is 1.30. The number of nitrogens with zero attached hydrogens (tertiary/aromatic N) is 2. The Bertz CT molecular complexity index is 330. The fraction of sp³-hybridized carbons (Fsp3) is 0.636. The van der Waals surface area contributed by atoms with E-state index in [0.717, 1.165) is 24.6 Å². The van der Waals surface area contributed by atoms with Gasteiger partial charge in [0.2, 0.25) is 0 Å². The maximum Gasteiger partial charge on any atom is 0.131 e. The summed E-state index contributed by atoms with van der Waals surface area (Å²) in [5.74, 6) is 2.27. The summed E-state index contributed by atoms with van der Waals surface area (Å²) in [4.78, 5) is 8.50. The van der Waals surface area contributed by atoms with E-state index in [1.54, 1.807) is 0 Å². The molecule has 90 valence electrons. The molecular formula is C11H20N4O. The molecule has 0 aliphatic carbocycles. The molecule has 0 amide bonds. The van der Waals surface area contributed by atoms with Crippen LogP contribution in [0.5, 0.6) is 0 Å². The summed E-state index contributed by atoms with van der Waals surface area (Å²) in [5, 5.41) is 15.7. The van der Waals surface area contributed by atoms with E-state index in [9.17, 15) is 5.11 Å². The third-order valence-corrected chi connectivity index (χ3v) is 2.19. The van der Waals surface area contributed by atoms with Crippen LogP contribution in [0.4, 0.5) is 11.6 Å². The highest BCUT2D eigenvalue weighted by atomic mass is 16.3. The highest BCUT2D eigenvalue weighted by molar-refractivity contribution is 5.47. The molecule has 0 radical (unpaired) electrons. The van der Waals surface area contributed by atoms with Gasteiger partial charge >= 0.3 is 0 Å². The van der Waals surface area contributed by atoms with Crippen LogP contribution in [0.2, 0.25) is 0 Å².